The lowest BCUT2D eigenvalue weighted by Crippen LogP contribution is -2.44. The minimum Gasteiger partial charge on any atom is -0.478 e. The van der Waals surface area contributed by atoms with E-state index in [2.05, 4.69) is 34.7 Å². The summed E-state index contributed by atoms with van der Waals surface area (Å²) in [5.74, 6) is -0.930. The molecular weight excluding hydrogens is 473 g/mol. The molecular formula is C26H27Cl2N3O3. The van der Waals surface area contributed by atoms with Gasteiger partial charge < -0.3 is 14.5 Å². The van der Waals surface area contributed by atoms with Crippen molar-refractivity contribution in [1.29, 1.82) is 0 Å². The summed E-state index contributed by atoms with van der Waals surface area (Å²) in [4.78, 5) is 19.5. The summed E-state index contributed by atoms with van der Waals surface area (Å²) in [7, 11) is 0. The topological polar surface area (TPSA) is 67.1 Å². The van der Waals surface area contributed by atoms with Crippen molar-refractivity contribution in [3.05, 3.63) is 69.3 Å². The number of benzene rings is 2. The van der Waals surface area contributed by atoms with Crippen LogP contribution in [0.5, 0.6) is 0 Å². The summed E-state index contributed by atoms with van der Waals surface area (Å²) in [5.41, 5.74) is 3.97. The molecule has 1 spiro atoms. The van der Waals surface area contributed by atoms with Gasteiger partial charge in [0.25, 0.3) is 0 Å². The molecule has 1 saturated heterocycles. The van der Waals surface area contributed by atoms with Crippen molar-refractivity contribution >= 4 is 45.8 Å². The zero-order valence-corrected chi connectivity index (χ0v) is 20.7. The van der Waals surface area contributed by atoms with Gasteiger partial charge in [0.05, 0.1) is 26.8 Å². The summed E-state index contributed by atoms with van der Waals surface area (Å²) in [5, 5.41) is 16.0. The van der Waals surface area contributed by atoms with Crippen molar-refractivity contribution in [2.24, 2.45) is 5.16 Å². The summed E-state index contributed by atoms with van der Waals surface area (Å²) in [6.07, 6.45) is 4.68. The number of aromatic nitrogens is 1. The molecule has 1 fully saturated rings. The standard InChI is InChI=1S/C26H27Cl2N3O3/c1-16(2)31-15-19(23-20(27)7-8-21(28)24(23)31)14-30-11-9-26(10-12-30)13-22(29-34-26)17-3-5-18(6-4-17)25(32)33/h3-8,15-16H,9-14H2,1-2H3,(H,32,33). The predicted molar refractivity (Wildman–Crippen MR) is 135 cm³/mol. The number of oxime groups is 1. The Balaban J connectivity index is 1.27. The summed E-state index contributed by atoms with van der Waals surface area (Å²) >= 11 is 13.2. The number of halogens is 2. The van der Waals surface area contributed by atoms with Gasteiger partial charge >= 0.3 is 5.97 Å². The minimum atomic E-state index is -0.930. The van der Waals surface area contributed by atoms with E-state index in [0.717, 1.165) is 71.1 Å². The highest BCUT2D eigenvalue weighted by Crippen LogP contribution is 2.39. The molecule has 6 nitrogen and oxygen atoms in total. The predicted octanol–water partition coefficient (Wildman–Crippen LogP) is 6.39. The van der Waals surface area contributed by atoms with Crippen LogP contribution in [0.25, 0.3) is 10.9 Å². The number of carboxylic acids is 1. The lowest BCUT2D eigenvalue weighted by molar-refractivity contribution is -0.0626. The lowest BCUT2D eigenvalue weighted by Gasteiger charge is -2.37. The second-order valence-electron chi connectivity index (χ2n) is 9.56. The Bertz CT molecular complexity index is 1270. The van der Waals surface area contributed by atoms with Gasteiger partial charge in [-0.25, -0.2) is 4.79 Å². The summed E-state index contributed by atoms with van der Waals surface area (Å²) in [6.45, 7) is 6.89. The molecule has 1 aromatic heterocycles. The Kier molecular flexibility index (Phi) is 6.09. The number of nitrogens with zero attached hydrogens (tertiary/aromatic N) is 3. The maximum absolute atomic E-state index is 11.1. The van der Waals surface area contributed by atoms with Crippen molar-refractivity contribution in [2.75, 3.05) is 13.1 Å². The van der Waals surface area contributed by atoms with Gasteiger partial charge in [-0.2, -0.15) is 0 Å². The molecule has 34 heavy (non-hydrogen) atoms. The first-order valence-corrected chi connectivity index (χ1v) is 12.3. The number of fused-ring (bicyclic) bond motifs is 1. The molecule has 2 aliphatic heterocycles. The fourth-order valence-electron chi connectivity index (χ4n) is 5.03. The molecule has 0 bridgehead atoms. The monoisotopic (exact) mass is 499 g/mol. The largest absolute Gasteiger partial charge is 0.478 e. The number of hydrogen-bond acceptors (Lipinski definition) is 4. The van der Waals surface area contributed by atoms with Crippen LogP contribution in [0.15, 0.2) is 47.8 Å². The Labute approximate surface area is 208 Å². The van der Waals surface area contributed by atoms with E-state index >= 15 is 0 Å². The first kappa shape index (κ1) is 23.2. The second-order valence-corrected chi connectivity index (χ2v) is 10.4. The molecule has 0 atom stereocenters. The Morgan fingerprint density at radius 2 is 1.79 bits per heavy atom. The van der Waals surface area contributed by atoms with Crippen LogP contribution in [-0.2, 0) is 11.4 Å². The molecule has 2 aromatic carbocycles. The molecule has 3 aromatic rings. The van der Waals surface area contributed by atoms with Crippen LogP contribution in [-0.4, -0.2) is 44.9 Å². The van der Waals surface area contributed by atoms with Gasteiger partial charge in [0.2, 0.25) is 0 Å². The highest BCUT2D eigenvalue weighted by Gasteiger charge is 2.42. The Morgan fingerprint density at radius 1 is 1.12 bits per heavy atom. The number of likely N-dealkylation sites (tertiary alicyclic amines) is 1. The fourth-order valence-corrected chi connectivity index (χ4v) is 5.56. The molecule has 178 valence electrons. The van der Waals surface area contributed by atoms with E-state index < -0.39 is 5.97 Å². The van der Waals surface area contributed by atoms with Crippen LogP contribution in [0.2, 0.25) is 10.0 Å². The van der Waals surface area contributed by atoms with Crippen molar-refractivity contribution in [2.45, 2.75) is 51.3 Å². The van der Waals surface area contributed by atoms with Gasteiger partial charge in [0, 0.05) is 56.5 Å². The molecule has 0 unspecified atom stereocenters. The van der Waals surface area contributed by atoms with Crippen LogP contribution in [0, 0.1) is 0 Å². The molecule has 0 radical (unpaired) electrons. The third-order valence-corrected chi connectivity index (χ3v) is 7.59. The lowest BCUT2D eigenvalue weighted by atomic mass is 9.85. The van der Waals surface area contributed by atoms with Crippen LogP contribution in [0.4, 0.5) is 0 Å². The summed E-state index contributed by atoms with van der Waals surface area (Å²) < 4.78 is 2.21. The van der Waals surface area contributed by atoms with E-state index in [0.29, 0.717) is 0 Å². The van der Waals surface area contributed by atoms with Gasteiger partial charge in [-0.05, 0) is 49.2 Å². The quantitative estimate of drug-likeness (QED) is 0.441. The number of carbonyl (C=O) groups is 1. The van der Waals surface area contributed by atoms with Crippen LogP contribution in [0.3, 0.4) is 0 Å². The first-order chi connectivity index (χ1) is 16.3. The molecule has 8 heteroatoms. The van der Waals surface area contributed by atoms with Crippen molar-refractivity contribution < 1.29 is 14.7 Å². The van der Waals surface area contributed by atoms with Crippen molar-refractivity contribution in [3.8, 4) is 0 Å². The normalized spacial score (nSPS) is 18.0. The van der Waals surface area contributed by atoms with Gasteiger partial charge in [-0.3, -0.25) is 4.90 Å². The molecule has 3 heterocycles. The smallest absolute Gasteiger partial charge is 0.335 e. The van der Waals surface area contributed by atoms with E-state index in [1.54, 1.807) is 24.3 Å². The number of hydrogen-bond donors (Lipinski definition) is 1. The van der Waals surface area contributed by atoms with E-state index in [9.17, 15) is 4.79 Å². The van der Waals surface area contributed by atoms with E-state index in [-0.39, 0.29) is 17.2 Å². The zero-order valence-electron chi connectivity index (χ0n) is 19.2. The third-order valence-electron chi connectivity index (χ3n) is 6.97. The van der Waals surface area contributed by atoms with E-state index in [1.165, 1.54) is 5.56 Å². The minimum absolute atomic E-state index is 0.270. The van der Waals surface area contributed by atoms with Gasteiger partial charge in [0.15, 0.2) is 0 Å². The van der Waals surface area contributed by atoms with Gasteiger partial charge in [0.1, 0.15) is 5.60 Å². The van der Waals surface area contributed by atoms with Crippen LogP contribution < -0.4 is 0 Å². The maximum Gasteiger partial charge on any atom is 0.335 e. The van der Waals surface area contributed by atoms with E-state index in [4.69, 9.17) is 33.1 Å². The Hall–Kier alpha value is -2.54. The molecule has 0 aliphatic carbocycles. The number of carboxylic acid groups (broad SMARTS) is 1. The van der Waals surface area contributed by atoms with E-state index in [1.807, 2.05) is 12.1 Å². The second kappa shape index (κ2) is 8.91. The third kappa shape index (κ3) is 4.19. The van der Waals surface area contributed by atoms with Crippen molar-refractivity contribution in [1.82, 2.24) is 9.47 Å². The van der Waals surface area contributed by atoms with Crippen LogP contribution >= 0.6 is 23.2 Å². The molecule has 2 aliphatic rings. The highest BCUT2D eigenvalue weighted by atomic mass is 35.5. The average Bonchev–Trinajstić information content (AvgIpc) is 3.41. The SMILES string of the molecule is CC(C)n1cc(CN2CCC3(CC2)CC(c2ccc(C(=O)O)cc2)=NO3)c2c(Cl)ccc(Cl)c21. The van der Waals surface area contributed by atoms with Gasteiger partial charge in [-0.15, -0.1) is 0 Å². The first-order valence-electron chi connectivity index (χ1n) is 11.5. The molecule has 1 N–H and O–H groups in total. The highest BCUT2D eigenvalue weighted by molar-refractivity contribution is 6.40. The van der Waals surface area contributed by atoms with Crippen molar-refractivity contribution in [3.63, 3.8) is 0 Å². The average molecular weight is 500 g/mol. The zero-order chi connectivity index (χ0) is 24.0. The number of aromatic carboxylic acids is 1. The number of rotatable bonds is 5. The molecule has 0 saturated carbocycles. The van der Waals surface area contributed by atoms with Crippen LogP contribution in [0.1, 0.15) is 60.6 Å². The molecule has 5 rings (SSSR count). The maximum atomic E-state index is 11.1. The molecule has 0 amide bonds. The Morgan fingerprint density at radius 3 is 2.44 bits per heavy atom. The fraction of sp³-hybridized carbons (Fsp3) is 0.385. The number of piperidine rings is 1. The summed E-state index contributed by atoms with van der Waals surface area (Å²) in [6, 6.07) is 10.9. The van der Waals surface area contributed by atoms with Gasteiger partial charge in [-0.1, -0.05) is 40.5 Å².